The number of ether oxygens (including phenoxy) is 1. The third-order valence-electron chi connectivity index (χ3n) is 3.03. The summed E-state index contributed by atoms with van der Waals surface area (Å²) in [5.74, 6) is 0.684. The zero-order valence-corrected chi connectivity index (χ0v) is 10.6. The Morgan fingerprint density at radius 3 is 2.94 bits per heavy atom. The molecule has 1 aromatic carbocycles. The van der Waals surface area contributed by atoms with Crippen LogP contribution in [0.4, 0.5) is 5.69 Å². The van der Waals surface area contributed by atoms with Gasteiger partial charge in [0, 0.05) is 6.54 Å². The molecule has 4 heteroatoms. The Morgan fingerprint density at radius 2 is 2.28 bits per heavy atom. The highest BCUT2D eigenvalue weighted by atomic mass is 16.5. The molecular weight excluding hydrogens is 228 g/mol. The number of benzene rings is 1. The summed E-state index contributed by atoms with van der Waals surface area (Å²) in [5, 5.41) is 8.68. The molecule has 1 aromatic rings. The average molecular weight is 244 g/mol. The molecule has 0 bridgehead atoms. The summed E-state index contributed by atoms with van der Waals surface area (Å²) >= 11 is 0. The molecule has 4 nitrogen and oxygen atoms in total. The van der Waals surface area contributed by atoms with E-state index in [1.54, 1.807) is 4.90 Å². The van der Waals surface area contributed by atoms with Crippen molar-refractivity contribution in [3.8, 4) is 11.8 Å². The number of hydrogen-bond donors (Lipinski definition) is 0. The van der Waals surface area contributed by atoms with Gasteiger partial charge in [0.25, 0.3) is 5.91 Å². The van der Waals surface area contributed by atoms with Crippen molar-refractivity contribution in [2.75, 3.05) is 11.4 Å². The first-order valence-corrected chi connectivity index (χ1v) is 6.13. The lowest BCUT2D eigenvalue weighted by Crippen LogP contribution is -2.46. The fourth-order valence-electron chi connectivity index (χ4n) is 2.09. The lowest BCUT2D eigenvalue weighted by atomic mass is 10.1. The van der Waals surface area contributed by atoms with Gasteiger partial charge in [-0.15, -0.1) is 0 Å². The molecule has 0 N–H and O–H groups in total. The van der Waals surface area contributed by atoms with E-state index in [1.807, 2.05) is 32.0 Å². The maximum absolute atomic E-state index is 12.2. The summed E-state index contributed by atoms with van der Waals surface area (Å²) in [6, 6.07) is 7.84. The third-order valence-corrected chi connectivity index (χ3v) is 3.03. The van der Waals surface area contributed by atoms with Crippen LogP contribution in [0.15, 0.2) is 18.2 Å². The molecule has 0 saturated carbocycles. The number of carbonyl (C=O) groups excluding carboxylic acids is 1. The van der Waals surface area contributed by atoms with Crippen LogP contribution in [0, 0.1) is 18.3 Å². The smallest absolute Gasteiger partial charge is 0.268 e. The minimum Gasteiger partial charge on any atom is -0.478 e. The molecule has 0 aromatic heterocycles. The Morgan fingerprint density at radius 1 is 1.50 bits per heavy atom. The minimum atomic E-state index is -0.432. The molecule has 1 amide bonds. The maximum atomic E-state index is 12.2. The molecule has 0 fully saturated rings. The highest BCUT2D eigenvalue weighted by molar-refractivity contribution is 6.00. The fourth-order valence-corrected chi connectivity index (χ4v) is 2.09. The molecule has 0 radical (unpaired) electrons. The highest BCUT2D eigenvalue weighted by Gasteiger charge is 2.32. The van der Waals surface area contributed by atoms with Gasteiger partial charge in [0.15, 0.2) is 6.10 Å². The Hall–Kier alpha value is -2.02. The fraction of sp³-hybridized carbons (Fsp3) is 0.429. The van der Waals surface area contributed by atoms with Crippen LogP contribution in [-0.4, -0.2) is 18.6 Å². The van der Waals surface area contributed by atoms with Crippen molar-refractivity contribution in [2.45, 2.75) is 32.8 Å². The first kappa shape index (κ1) is 12.4. The van der Waals surface area contributed by atoms with Crippen molar-refractivity contribution in [1.82, 2.24) is 0 Å². The first-order valence-electron chi connectivity index (χ1n) is 6.13. The Kier molecular flexibility index (Phi) is 3.52. The summed E-state index contributed by atoms with van der Waals surface area (Å²) in [6.45, 7) is 4.33. The number of aryl methyl sites for hydroxylation is 1. The molecule has 1 aliphatic heterocycles. The molecule has 0 saturated heterocycles. The predicted molar refractivity (Wildman–Crippen MR) is 68.5 cm³/mol. The van der Waals surface area contributed by atoms with E-state index in [0.717, 1.165) is 17.0 Å². The second-order valence-electron chi connectivity index (χ2n) is 4.38. The Labute approximate surface area is 107 Å². The maximum Gasteiger partial charge on any atom is 0.268 e. The number of hydrogen-bond acceptors (Lipinski definition) is 3. The quantitative estimate of drug-likeness (QED) is 0.820. The number of nitriles is 1. The van der Waals surface area contributed by atoms with Crippen molar-refractivity contribution in [3.63, 3.8) is 0 Å². The summed E-state index contributed by atoms with van der Waals surface area (Å²) in [6.07, 6.45) is 0.531. The van der Waals surface area contributed by atoms with Gasteiger partial charge in [-0.05, 0) is 31.0 Å². The van der Waals surface area contributed by atoms with Crippen LogP contribution in [0.1, 0.15) is 25.3 Å². The number of amides is 1. The van der Waals surface area contributed by atoms with Gasteiger partial charge >= 0.3 is 0 Å². The Bertz CT molecular complexity index is 505. The predicted octanol–water partition coefficient (Wildman–Crippen LogP) is 2.41. The van der Waals surface area contributed by atoms with Crippen LogP contribution >= 0.6 is 0 Å². The molecule has 94 valence electrons. The van der Waals surface area contributed by atoms with E-state index >= 15 is 0 Å². The van der Waals surface area contributed by atoms with Crippen molar-refractivity contribution >= 4 is 11.6 Å². The van der Waals surface area contributed by atoms with Gasteiger partial charge in [0.2, 0.25) is 0 Å². The zero-order chi connectivity index (χ0) is 13.1. The number of rotatable bonds is 3. The lowest BCUT2D eigenvalue weighted by molar-refractivity contribution is -0.126. The van der Waals surface area contributed by atoms with Crippen LogP contribution in [0.25, 0.3) is 0 Å². The topological polar surface area (TPSA) is 53.3 Å². The molecule has 0 spiro atoms. The van der Waals surface area contributed by atoms with Crippen LogP contribution in [0.3, 0.4) is 0 Å². The molecule has 1 atom stereocenters. The van der Waals surface area contributed by atoms with E-state index in [0.29, 0.717) is 19.4 Å². The van der Waals surface area contributed by atoms with E-state index < -0.39 is 6.10 Å². The molecule has 1 aliphatic rings. The number of nitrogens with zero attached hydrogens (tertiary/aromatic N) is 2. The second-order valence-corrected chi connectivity index (χ2v) is 4.38. The van der Waals surface area contributed by atoms with Crippen molar-refractivity contribution in [2.24, 2.45) is 0 Å². The zero-order valence-electron chi connectivity index (χ0n) is 10.6. The molecule has 1 heterocycles. The minimum absolute atomic E-state index is 0.0518. The molecule has 2 rings (SSSR count). The van der Waals surface area contributed by atoms with Gasteiger partial charge in [-0.2, -0.15) is 5.26 Å². The first-order chi connectivity index (χ1) is 8.67. The summed E-state index contributed by atoms with van der Waals surface area (Å²) in [7, 11) is 0. The van der Waals surface area contributed by atoms with Gasteiger partial charge < -0.3 is 9.64 Å². The monoisotopic (exact) mass is 244 g/mol. The largest absolute Gasteiger partial charge is 0.478 e. The highest BCUT2D eigenvalue weighted by Crippen LogP contribution is 2.35. The second kappa shape index (κ2) is 5.09. The van der Waals surface area contributed by atoms with Gasteiger partial charge in [0.05, 0.1) is 18.2 Å². The van der Waals surface area contributed by atoms with E-state index in [4.69, 9.17) is 10.00 Å². The SMILES string of the molecule is CCC1Oc2cc(C)ccc2N(CCC#N)C1=O. The summed E-state index contributed by atoms with van der Waals surface area (Å²) in [4.78, 5) is 13.9. The molecule has 18 heavy (non-hydrogen) atoms. The number of fused-ring (bicyclic) bond motifs is 1. The van der Waals surface area contributed by atoms with E-state index in [1.165, 1.54) is 0 Å². The molecule has 1 unspecified atom stereocenters. The molecule has 0 aliphatic carbocycles. The standard InChI is InChI=1S/C14H16N2O2/c1-3-12-14(17)16(8-4-7-15)11-6-5-10(2)9-13(11)18-12/h5-6,9,12H,3-4,8H2,1-2H3. The van der Waals surface area contributed by atoms with E-state index in [2.05, 4.69) is 6.07 Å². The third kappa shape index (κ3) is 2.17. The van der Waals surface area contributed by atoms with Gasteiger partial charge in [-0.25, -0.2) is 0 Å². The van der Waals surface area contributed by atoms with Crippen LogP contribution < -0.4 is 9.64 Å². The van der Waals surface area contributed by atoms with Crippen LogP contribution in [0.2, 0.25) is 0 Å². The number of anilines is 1. The van der Waals surface area contributed by atoms with Gasteiger partial charge in [0.1, 0.15) is 5.75 Å². The van der Waals surface area contributed by atoms with Crippen LogP contribution in [0.5, 0.6) is 5.75 Å². The van der Waals surface area contributed by atoms with Crippen molar-refractivity contribution < 1.29 is 9.53 Å². The lowest BCUT2D eigenvalue weighted by Gasteiger charge is -2.33. The summed E-state index contributed by atoms with van der Waals surface area (Å²) in [5.41, 5.74) is 1.86. The molecular formula is C14H16N2O2. The Balaban J connectivity index is 2.38. The van der Waals surface area contributed by atoms with E-state index in [-0.39, 0.29) is 5.91 Å². The number of carbonyl (C=O) groups is 1. The normalized spacial score (nSPS) is 17.9. The summed E-state index contributed by atoms with van der Waals surface area (Å²) < 4.78 is 5.71. The van der Waals surface area contributed by atoms with Crippen molar-refractivity contribution in [1.29, 1.82) is 5.26 Å². The van der Waals surface area contributed by atoms with Crippen LogP contribution in [-0.2, 0) is 4.79 Å². The van der Waals surface area contributed by atoms with Crippen molar-refractivity contribution in [3.05, 3.63) is 23.8 Å². The van der Waals surface area contributed by atoms with E-state index in [9.17, 15) is 4.79 Å². The van der Waals surface area contributed by atoms with Gasteiger partial charge in [-0.3, -0.25) is 4.79 Å². The average Bonchev–Trinajstić information content (AvgIpc) is 2.37. The van der Waals surface area contributed by atoms with Gasteiger partial charge in [-0.1, -0.05) is 13.0 Å².